The van der Waals surface area contributed by atoms with Crippen molar-refractivity contribution in [2.24, 2.45) is 0 Å². The zero-order chi connectivity index (χ0) is 10.1. The molecule has 0 aliphatic carbocycles. The van der Waals surface area contributed by atoms with Crippen molar-refractivity contribution in [2.45, 2.75) is 6.42 Å². The number of carbonyl (C=O) groups excluding carboxylic acids is 1. The highest BCUT2D eigenvalue weighted by Gasteiger charge is 2.23. The van der Waals surface area contributed by atoms with E-state index in [1.54, 1.807) is 17.0 Å². The predicted octanol–water partition coefficient (Wildman–Crippen LogP) is 2.43. The molecule has 0 aromatic heterocycles. The quantitative estimate of drug-likeness (QED) is 0.757. The predicted molar refractivity (Wildman–Crippen MR) is 54.6 cm³/mol. The molecule has 1 fully saturated rings. The minimum absolute atomic E-state index is 0.0948. The Morgan fingerprint density at radius 1 is 1.43 bits per heavy atom. The van der Waals surface area contributed by atoms with Crippen molar-refractivity contribution in [1.29, 1.82) is 0 Å². The number of amides is 1. The van der Waals surface area contributed by atoms with Crippen LogP contribution in [0.2, 0.25) is 0 Å². The smallest absolute Gasteiger partial charge is 0.255 e. The van der Waals surface area contributed by atoms with Crippen molar-refractivity contribution in [3.05, 3.63) is 34.1 Å². The molecule has 14 heavy (non-hydrogen) atoms. The van der Waals surface area contributed by atoms with Crippen molar-refractivity contribution >= 4 is 21.8 Å². The van der Waals surface area contributed by atoms with E-state index in [2.05, 4.69) is 15.9 Å². The summed E-state index contributed by atoms with van der Waals surface area (Å²) in [6.07, 6.45) is 1.04. The van der Waals surface area contributed by atoms with E-state index in [1.807, 2.05) is 0 Å². The van der Waals surface area contributed by atoms with E-state index in [4.69, 9.17) is 0 Å². The Hall–Kier alpha value is -0.900. The van der Waals surface area contributed by atoms with Gasteiger partial charge in [-0.2, -0.15) is 0 Å². The molecule has 2 nitrogen and oxygen atoms in total. The largest absolute Gasteiger partial charge is 0.338 e. The van der Waals surface area contributed by atoms with Gasteiger partial charge in [0.15, 0.2) is 0 Å². The van der Waals surface area contributed by atoms with Crippen LogP contribution in [0.1, 0.15) is 16.8 Å². The molecule has 1 amide bonds. The molecule has 2 rings (SSSR count). The SMILES string of the molecule is O=C(c1cccc(F)c1Br)N1CCC1. The average molecular weight is 258 g/mol. The summed E-state index contributed by atoms with van der Waals surface area (Å²) in [4.78, 5) is 13.4. The van der Waals surface area contributed by atoms with E-state index in [0.717, 1.165) is 19.5 Å². The Bertz CT molecular complexity index is 376. The van der Waals surface area contributed by atoms with Gasteiger partial charge >= 0.3 is 0 Å². The molecule has 1 aromatic carbocycles. The van der Waals surface area contributed by atoms with Gasteiger partial charge in [-0.25, -0.2) is 4.39 Å². The summed E-state index contributed by atoms with van der Waals surface area (Å²) in [6.45, 7) is 1.56. The zero-order valence-electron chi connectivity index (χ0n) is 7.46. The van der Waals surface area contributed by atoms with E-state index in [1.165, 1.54) is 6.07 Å². The molecule has 0 unspecified atom stereocenters. The van der Waals surface area contributed by atoms with Gasteiger partial charge < -0.3 is 4.90 Å². The first-order valence-corrected chi connectivity index (χ1v) is 5.23. The number of hydrogen-bond acceptors (Lipinski definition) is 1. The van der Waals surface area contributed by atoms with Gasteiger partial charge in [-0.1, -0.05) is 6.07 Å². The third kappa shape index (κ3) is 1.54. The summed E-state index contributed by atoms with van der Waals surface area (Å²) >= 11 is 3.08. The third-order valence-corrected chi connectivity index (χ3v) is 3.13. The molecule has 1 aliphatic heterocycles. The second kappa shape index (κ2) is 3.69. The lowest BCUT2D eigenvalue weighted by Crippen LogP contribution is -2.42. The van der Waals surface area contributed by atoms with Gasteiger partial charge in [-0.15, -0.1) is 0 Å². The molecule has 0 radical (unpaired) electrons. The molecule has 0 N–H and O–H groups in total. The first-order valence-electron chi connectivity index (χ1n) is 4.43. The molecule has 0 bridgehead atoms. The molecule has 74 valence electrons. The molecule has 1 heterocycles. The summed E-state index contributed by atoms with van der Waals surface area (Å²) in [5.74, 6) is -0.487. The van der Waals surface area contributed by atoms with Crippen molar-refractivity contribution < 1.29 is 9.18 Å². The van der Waals surface area contributed by atoms with Crippen LogP contribution in [-0.2, 0) is 0 Å². The normalized spacial score (nSPS) is 15.1. The fraction of sp³-hybridized carbons (Fsp3) is 0.300. The number of carbonyl (C=O) groups is 1. The highest BCUT2D eigenvalue weighted by molar-refractivity contribution is 9.10. The number of rotatable bonds is 1. The standard InChI is InChI=1S/C10H9BrFNO/c11-9-7(3-1-4-8(9)12)10(14)13-5-2-6-13/h1,3-4H,2,5-6H2. The third-order valence-electron chi connectivity index (χ3n) is 2.33. The second-order valence-corrected chi connectivity index (χ2v) is 4.04. The average Bonchev–Trinajstić information content (AvgIpc) is 2.06. The van der Waals surface area contributed by atoms with E-state index in [-0.39, 0.29) is 10.4 Å². The minimum Gasteiger partial charge on any atom is -0.338 e. The fourth-order valence-electron chi connectivity index (χ4n) is 1.36. The number of hydrogen-bond donors (Lipinski definition) is 0. The van der Waals surface area contributed by atoms with Crippen LogP contribution in [-0.4, -0.2) is 23.9 Å². The van der Waals surface area contributed by atoms with Gasteiger partial charge in [0.2, 0.25) is 0 Å². The van der Waals surface area contributed by atoms with Crippen LogP contribution in [0.3, 0.4) is 0 Å². The summed E-state index contributed by atoms with van der Waals surface area (Å²) in [6, 6.07) is 4.51. The van der Waals surface area contributed by atoms with Crippen LogP contribution in [0.4, 0.5) is 4.39 Å². The van der Waals surface area contributed by atoms with E-state index < -0.39 is 5.82 Å². The van der Waals surface area contributed by atoms with Crippen LogP contribution in [0.25, 0.3) is 0 Å². The Morgan fingerprint density at radius 2 is 2.14 bits per heavy atom. The summed E-state index contributed by atoms with van der Waals surface area (Å²) in [5.41, 5.74) is 0.407. The number of halogens is 2. The maximum Gasteiger partial charge on any atom is 0.255 e. The number of benzene rings is 1. The lowest BCUT2D eigenvalue weighted by Gasteiger charge is -2.31. The maximum absolute atomic E-state index is 13.1. The van der Waals surface area contributed by atoms with Gasteiger partial charge in [0.25, 0.3) is 5.91 Å². The molecule has 1 aromatic rings. The van der Waals surface area contributed by atoms with Crippen molar-refractivity contribution in [3.63, 3.8) is 0 Å². The minimum atomic E-state index is -0.392. The van der Waals surface area contributed by atoms with Crippen molar-refractivity contribution in [2.75, 3.05) is 13.1 Å². The zero-order valence-corrected chi connectivity index (χ0v) is 9.05. The number of likely N-dealkylation sites (tertiary alicyclic amines) is 1. The van der Waals surface area contributed by atoms with Crippen molar-refractivity contribution in [1.82, 2.24) is 4.90 Å². The lowest BCUT2D eigenvalue weighted by atomic mass is 10.1. The molecule has 1 aliphatic rings. The monoisotopic (exact) mass is 257 g/mol. The van der Waals surface area contributed by atoms with Crippen LogP contribution < -0.4 is 0 Å². The Kier molecular flexibility index (Phi) is 2.54. The summed E-state index contributed by atoms with van der Waals surface area (Å²) in [7, 11) is 0. The van der Waals surface area contributed by atoms with Gasteiger partial charge in [0.1, 0.15) is 5.82 Å². The number of nitrogens with zero attached hydrogens (tertiary/aromatic N) is 1. The second-order valence-electron chi connectivity index (χ2n) is 3.25. The van der Waals surface area contributed by atoms with E-state index in [0.29, 0.717) is 5.56 Å². The van der Waals surface area contributed by atoms with Crippen LogP contribution in [0, 0.1) is 5.82 Å². The Labute approximate surface area is 89.8 Å². The Balaban J connectivity index is 2.31. The van der Waals surface area contributed by atoms with Gasteiger partial charge in [0.05, 0.1) is 10.0 Å². The highest BCUT2D eigenvalue weighted by atomic mass is 79.9. The molecule has 0 atom stereocenters. The molecule has 0 saturated carbocycles. The van der Waals surface area contributed by atoms with Gasteiger partial charge in [0, 0.05) is 13.1 Å². The van der Waals surface area contributed by atoms with Crippen LogP contribution in [0.15, 0.2) is 22.7 Å². The van der Waals surface area contributed by atoms with E-state index in [9.17, 15) is 9.18 Å². The molecule has 0 spiro atoms. The van der Waals surface area contributed by atoms with Crippen molar-refractivity contribution in [3.8, 4) is 0 Å². The first kappa shape index (κ1) is 9.65. The molecular formula is C10H9BrFNO. The maximum atomic E-state index is 13.1. The topological polar surface area (TPSA) is 20.3 Å². The fourth-order valence-corrected chi connectivity index (χ4v) is 1.79. The summed E-state index contributed by atoms with van der Waals surface area (Å²) in [5, 5.41) is 0. The van der Waals surface area contributed by atoms with Crippen LogP contribution >= 0.6 is 15.9 Å². The van der Waals surface area contributed by atoms with Gasteiger partial charge in [-0.3, -0.25) is 4.79 Å². The summed E-state index contributed by atoms with van der Waals surface area (Å²) < 4.78 is 13.4. The van der Waals surface area contributed by atoms with Gasteiger partial charge in [-0.05, 0) is 34.5 Å². The van der Waals surface area contributed by atoms with Crippen LogP contribution in [0.5, 0.6) is 0 Å². The molecule has 1 saturated heterocycles. The van der Waals surface area contributed by atoms with E-state index >= 15 is 0 Å². The molecule has 4 heteroatoms. The highest BCUT2D eigenvalue weighted by Crippen LogP contribution is 2.23. The molecular weight excluding hydrogens is 249 g/mol. The first-order chi connectivity index (χ1) is 6.70. The lowest BCUT2D eigenvalue weighted by molar-refractivity contribution is 0.0650. The Morgan fingerprint density at radius 3 is 2.71 bits per heavy atom.